The molecule has 1 saturated heterocycles. The van der Waals surface area contributed by atoms with Crippen LogP contribution in [-0.2, 0) is 20.3 Å². The minimum atomic E-state index is -1.35. The maximum atomic E-state index is 13.7. The van der Waals surface area contributed by atoms with Gasteiger partial charge in [0.05, 0.1) is 40.5 Å². The van der Waals surface area contributed by atoms with E-state index < -0.39 is 15.5 Å². The zero-order valence-corrected chi connectivity index (χ0v) is 22.8. The fraction of sp³-hybridized carbons (Fsp3) is 0.276. The zero-order valence-electron chi connectivity index (χ0n) is 22.0. The number of hydrogen-bond acceptors (Lipinski definition) is 8. The summed E-state index contributed by atoms with van der Waals surface area (Å²) < 4.78 is 18.8. The summed E-state index contributed by atoms with van der Waals surface area (Å²) in [6, 6.07) is 19.9. The molecule has 1 aliphatic heterocycles. The molecule has 3 aromatic heterocycles. The molecule has 2 amide bonds. The molecule has 4 aromatic rings. The molecule has 1 aliphatic carbocycles. The topological polar surface area (TPSA) is 122 Å². The van der Waals surface area contributed by atoms with Gasteiger partial charge in [0, 0.05) is 36.3 Å². The summed E-state index contributed by atoms with van der Waals surface area (Å²) in [4.78, 5) is 33.0. The number of carbonyl (C=O) groups is 1. The van der Waals surface area contributed by atoms with Crippen LogP contribution >= 0.6 is 0 Å². The van der Waals surface area contributed by atoms with Crippen molar-refractivity contribution in [2.24, 2.45) is 0 Å². The first-order valence-electron chi connectivity index (χ1n) is 13.2. The highest BCUT2D eigenvalue weighted by Gasteiger charge is 2.53. The van der Waals surface area contributed by atoms with Gasteiger partial charge in [-0.15, -0.1) is 0 Å². The predicted octanol–water partition coefficient (Wildman–Crippen LogP) is 4.60. The summed E-state index contributed by atoms with van der Waals surface area (Å²) in [5, 5.41) is 6.08. The van der Waals surface area contributed by atoms with Gasteiger partial charge in [-0.2, -0.15) is 0 Å². The van der Waals surface area contributed by atoms with Gasteiger partial charge in [-0.3, -0.25) is 9.53 Å². The number of anilines is 3. The number of amides is 2. The number of carbonyl (C=O) groups excluding carboxylic acids is 1. The average Bonchev–Trinajstić information content (AvgIpc) is 3.80. The highest BCUT2D eigenvalue weighted by molar-refractivity contribution is 7.86. The summed E-state index contributed by atoms with van der Waals surface area (Å²) in [7, 11) is -1.35. The van der Waals surface area contributed by atoms with Crippen LogP contribution in [0.1, 0.15) is 25.5 Å². The number of aromatic nitrogens is 4. The Bertz CT molecular complexity index is 1520. The number of pyridine rings is 2. The first-order chi connectivity index (χ1) is 19.5. The molecule has 4 heterocycles. The Morgan fingerprint density at radius 2 is 1.77 bits per heavy atom. The van der Waals surface area contributed by atoms with Gasteiger partial charge < -0.3 is 15.0 Å². The van der Waals surface area contributed by atoms with Crippen LogP contribution in [0.2, 0.25) is 0 Å². The van der Waals surface area contributed by atoms with Crippen LogP contribution < -0.4 is 15.5 Å². The van der Waals surface area contributed by atoms with Crippen LogP contribution in [-0.4, -0.2) is 56.0 Å². The van der Waals surface area contributed by atoms with E-state index >= 15 is 0 Å². The van der Waals surface area contributed by atoms with E-state index in [0.717, 1.165) is 29.9 Å². The molecule has 2 aliphatic rings. The second-order valence-electron chi connectivity index (χ2n) is 9.85. The second-order valence-corrected chi connectivity index (χ2v) is 11.6. The van der Waals surface area contributed by atoms with Crippen LogP contribution in [0.25, 0.3) is 11.4 Å². The van der Waals surface area contributed by atoms with Gasteiger partial charge in [0.15, 0.2) is 5.82 Å². The smallest absolute Gasteiger partial charge is 0.324 e. The lowest BCUT2D eigenvalue weighted by Gasteiger charge is -2.34. The van der Waals surface area contributed by atoms with E-state index in [1.165, 1.54) is 0 Å². The highest BCUT2D eigenvalue weighted by atomic mass is 32.2. The Kier molecular flexibility index (Phi) is 7.23. The predicted molar refractivity (Wildman–Crippen MR) is 154 cm³/mol. The van der Waals surface area contributed by atoms with E-state index in [4.69, 9.17) is 14.7 Å². The Morgan fingerprint density at radius 3 is 2.45 bits per heavy atom. The van der Waals surface area contributed by atoms with Crippen molar-refractivity contribution >= 4 is 34.2 Å². The molecule has 10 nitrogen and oxygen atoms in total. The molecule has 2 N–H and O–H groups in total. The molecular formula is C29H29N7O3S. The SMILES string of the molecule is C[C@H]1COCCN1c1cc(C2(S(=O)c3ccccn3)CC2)nc(-c2ccc(NC(=O)Nc3ccccn3)cc2)n1. The molecule has 0 radical (unpaired) electrons. The average molecular weight is 556 g/mol. The molecule has 40 heavy (non-hydrogen) atoms. The van der Waals surface area contributed by atoms with Crippen LogP contribution in [0.4, 0.5) is 22.1 Å². The number of rotatable bonds is 7. The van der Waals surface area contributed by atoms with Gasteiger partial charge in [-0.05, 0) is 68.3 Å². The number of urea groups is 1. The molecule has 11 heteroatoms. The Balaban J connectivity index is 1.30. The third-order valence-corrected chi connectivity index (χ3v) is 8.98. The molecule has 0 spiro atoms. The molecular weight excluding hydrogens is 526 g/mol. The Labute approximate surface area is 234 Å². The number of hydrogen-bond donors (Lipinski definition) is 2. The van der Waals surface area contributed by atoms with Crippen molar-refractivity contribution in [2.75, 3.05) is 35.3 Å². The molecule has 0 bridgehead atoms. The lowest BCUT2D eigenvalue weighted by atomic mass is 10.1. The third-order valence-electron chi connectivity index (χ3n) is 7.04. The number of nitrogens with zero attached hydrogens (tertiary/aromatic N) is 5. The van der Waals surface area contributed by atoms with Crippen molar-refractivity contribution in [3.8, 4) is 11.4 Å². The van der Waals surface area contributed by atoms with E-state index in [-0.39, 0.29) is 12.1 Å². The van der Waals surface area contributed by atoms with Crippen molar-refractivity contribution < 1.29 is 13.7 Å². The van der Waals surface area contributed by atoms with Crippen molar-refractivity contribution in [1.29, 1.82) is 0 Å². The van der Waals surface area contributed by atoms with E-state index in [0.29, 0.717) is 42.1 Å². The fourth-order valence-corrected chi connectivity index (χ4v) is 6.26. The summed E-state index contributed by atoms with van der Waals surface area (Å²) in [5.41, 5.74) is 2.16. The maximum Gasteiger partial charge on any atom is 0.324 e. The van der Waals surface area contributed by atoms with Crippen molar-refractivity contribution in [1.82, 2.24) is 19.9 Å². The van der Waals surface area contributed by atoms with Crippen LogP contribution in [0.15, 0.2) is 84.1 Å². The van der Waals surface area contributed by atoms with E-state index in [9.17, 15) is 9.00 Å². The van der Waals surface area contributed by atoms with Crippen molar-refractivity contribution in [3.63, 3.8) is 0 Å². The summed E-state index contributed by atoms with van der Waals surface area (Å²) in [5.74, 6) is 1.79. The monoisotopic (exact) mass is 555 g/mol. The second kappa shape index (κ2) is 11.1. The van der Waals surface area contributed by atoms with Crippen LogP contribution in [0.3, 0.4) is 0 Å². The minimum absolute atomic E-state index is 0.144. The summed E-state index contributed by atoms with van der Waals surface area (Å²) in [6.07, 6.45) is 4.81. The quantitative estimate of drug-likeness (QED) is 0.339. The number of ether oxygens (including phenoxy) is 1. The normalized spacial score (nSPS) is 18.5. The molecule has 1 saturated carbocycles. The largest absolute Gasteiger partial charge is 0.377 e. The third kappa shape index (κ3) is 5.43. The number of nitrogens with one attached hydrogen (secondary N) is 2. The van der Waals surface area contributed by atoms with Gasteiger partial charge in [0.25, 0.3) is 0 Å². The van der Waals surface area contributed by atoms with Gasteiger partial charge in [0.2, 0.25) is 0 Å². The van der Waals surface area contributed by atoms with Crippen molar-refractivity contribution in [3.05, 3.63) is 84.8 Å². The molecule has 2 fully saturated rings. The minimum Gasteiger partial charge on any atom is -0.377 e. The molecule has 1 aromatic carbocycles. The molecule has 6 rings (SSSR count). The highest BCUT2D eigenvalue weighted by Crippen LogP contribution is 2.52. The fourth-order valence-electron chi connectivity index (χ4n) is 4.74. The van der Waals surface area contributed by atoms with Gasteiger partial charge in [-0.1, -0.05) is 12.1 Å². The lowest BCUT2D eigenvalue weighted by Crippen LogP contribution is -2.44. The van der Waals surface area contributed by atoms with E-state index in [2.05, 4.69) is 32.4 Å². The Hall–Kier alpha value is -4.22. The Morgan fingerprint density at radius 1 is 1.00 bits per heavy atom. The number of benzene rings is 1. The van der Waals surface area contributed by atoms with E-state index in [1.54, 1.807) is 48.8 Å². The molecule has 2 atom stereocenters. The van der Waals surface area contributed by atoms with E-state index in [1.807, 2.05) is 30.3 Å². The van der Waals surface area contributed by atoms with Crippen LogP contribution in [0.5, 0.6) is 0 Å². The molecule has 204 valence electrons. The zero-order chi connectivity index (χ0) is 27.5. The van der Waals surface area contributed by atoms with Gasteiger partial charge in [-0.25, -0.2) is 24.7 Å². The maximum absolute atomic E-state index is 13.7. The first kappa shape index (κ1) is 26.0. The number of morpholine rings is 1. The summed E-state index contributed by atoms with van der Waals surface area (Å²) in [6.45, 7) is 4.04. The van der Waals surface area contributed by atoms with Crippen LogP contribution in [0, 0.1) is 0 Å². The summed E-state index contributed by atoms with van der Waals surface area (Å²) >= 11 is 0. The van der Waals surface area contributed by atoms with Gasteiger partial charge in [0.1, 0.15) is 16.7 Å². The standard InChI is InChI=1S/C29H29N7O3S/c1-20-19-39-17-16-36(20)25-18-23(29(12-13-29)40(38)26-7-3-5-15-31-26)33-27(35-25)21-8-10-22(11-9-21)32-28(37)34-24-6-2-4-14-30-24/h2-11,14-15,18,20H,12-13,16-17,19H2,1H3,(H2,30,32,34,37)/t20-,40?/m0/s1. The lowest BCUT2D eigenvalue weighted by molar-refractivity contribution is 0.0985. The first-order valence-corrected chi connectivity index (χ1v) is 14.3. The molecule has 1 unspecified atom stereocenters. The van der Waals surface area contributed by atoms with Crippen molar-refractivity contribution in [2.45, 2.75) is 35.6 Å². The van der Waals surface area contributed by atoms with Gasteiger partial charge >= 0.3 is 6.03 Å².